The number of hydrogen-bond donors (Lipinski definition) is 3. The van der Waals surface area contributed by atoms with Crippen LogP contribution in [0.1, 0.15) is 40.0 Å². The molecule has 0 heterocycles. The quantitative estimate of drug-likeness (QED) is 0.370. The summed E-state index contributed by atoms with van der Waals surface area (Å²) in [5.41, 5.74) is 0. The molecular formula is C12H24FN3O3. The molecule has 0 aromatic heterocycles. The molecule has 0 aliphatic rings. The Labute approximate surface area is 113 Å². The van der Waals surface area contributed by atoms with Crippen molar-refractivity contribution < 1.29 is 18.8 Å². The van der Waals surface area contributed by atoms with Crippen molar-refractivity contribution in [3.63, 3.8) is 0 Å². The van der Waals surface area contributed by atoms with Gasteiger partial charge in [-0.05, 0) is 19.3 Å². The molecule has 1 atom stereocenters. The lowest BCUT2D eigenvalue weighted by Crippen LogP contribution is -2.44. The predicted molar refractivity (Wildman–Crippen MR) is 71.4 cm³/mol. The van der Waals surface area contributed by atoms with Crippen molar-refractivity contribution in [3.05, 3.63) is 0 Å². The molecule has 3 amide bonds. The van der Waals surface area contributed by atoms with E-state index in [1.54, 1.807) is 0 Å². The molecule has 0 rings (SSSR count). The molecule has 112 valence electrons. The van der Waals surface area contributed by atoms with E-state index in [1.165, 1.54) is 14.0 Å². The van der Waals surface area contributed by atoms with Gasteiger partial charge in [0.15, 0.2) is 0 Å². The predicted octanol–water partition coefficient (Wildman–Crippen LogP) is 1.11. The van der Waals surface area contributed by atoms with Crippen LogP contribution in [0.5, 0.6) is 0 Å². The molecule has 0 spiro atoms. The number of carbonyl (C=O) groups excluding carboxylic acids is 3. The molecule has 3 N–H and O–H groups in total. The first-order chi connectivity index (χ1) is 8.97. The minimum atomic E-state index is -1.56. The second-order valence-corrected chi connectivity index (χ2v) is 3.56. The Kier molecular flexibility index (Phi) is 13.2. The first-order valence-corrected chi connectivity index (χ1v) is 6.39. The third-order valence-corrected chi connectivity index (χ3v) is 2.12. The maximum absolute atomic E-state index is 11.8. The Bertz CT molecular complexity index is 285. The Morgan fingerprint density at radius 3 is 2.16 bits per heavy atom. The molecule has 0 radical (unpaired) electrons. The average molecular weight is 277 g/mol. The van der Waals surface area contributed by atoms with Gasteiger partial charge in [0.1, 0.15) is 6.04 Å². The lowest BCUT2D eigenvalue weighted by atomic mass is 10.1. The van der Waals surface area contributed by atoms with Crippen LogP contribution >= 0.6 is 0 Å². The summed E-state index contributed by atoms with van der Waals surface area (Å²) in [7, 11) is 1.49. The second-order valence-electron chi connectivity index (χ2n) is 3.56. The summed E-state index contributed by atoms with van der Waals surface area (Å²) in [6.07, 6.45) is 0.0257. The highest BCUT2D eigenvalue weighted by molar-refractivity contribution is 5.86. The molecule has 1 unspecified atom stereocenters. The fourth-order valence-corrected chi connectivity index (χ4v) is 1.35. The smallest absolute Gasteiger partial charge is 0.357 e. The maximum Gasteiger partial charge on any atom is 0.397 e. The van der Waals surface area contributed by atoms with Crippen LogP contribution in [0, 0.1) is 0 Å². The number of amides is 3. The summed E-state index contributed by atoms with van der Waals surface area (Å²) >= 11 is 0. The fraction of sp³-hybridized carbons (Fsp3) is 0.750. The summed E-state index contributed by atoms with van der Waals surface area (Å²) in [6, 6.07) is -0.585. The van der Waals surface area contributed by atoms with Crippen molar-refractivity contribution in [1.29, 1.82) is 0 Å². The zero-order valence-corrected chi connectivity index (χ0v) is 12.0. The number of likely N-dealkylation sites (N-methyl/N-ethyl adjacent to an activating group) is 1. The molecule has 0 aromatic carbocycles. The van der Waals surface area contributed by atoms with Crippen LogP contribution in [0.4, 0.5) is 9.18 Å². The van der Waals surface area contributed by atoms with Gasteiger partial charge in [0.25, 0.3) is 0 Å². The van der Waals surface area contributed by atoms with Crippen LogP contribution in [-0.2, 0) is 9.59 Å². The Balaban J connectivity index is 0. The van der Waals surface area contributed by atoms with Gasteiger partial charge in [-0.3, -0.25) is 9.59 Å². The lowest BCUT2D eigenvalue weighted by molar-refractivity contribution is -0.127. The standard InChI is InChI=1S/C10H18FN3O3.C2H6/c1-7(15)14-8(9(16)12-2)5-3-4-6-13-10(11)17;1-2/h8H,3-6H2,1-2H3,(H,12,16)(H,13,17)(H,14,15);1-2H3. The first-order valence-electron chi connectivity index (χ1n) is 6.39. The zero-order valence-electron chi connectivity index (χ0n) is 12.0. The van der Waals surface area contributed by atoms with Crippen molar-refractivity contribution in [2.24, 2.45) is 0 Å². The third kappa shape index (κ3) is 12.6. The topological polar surface area (TPSA) is 87.3 Å². The number of nitrogens with one attached hydrogen (secondary N) is 3. The Morgan fingerprint density at radius 1 is 1.16 bits per heavy atom. The molecule has 6 nitrogen and oxygen atoms in total. The molecule has 0 aliphatic carbocycles. The summed E-state index contributed by atoms with van der Waals surface area (Å²) in [5, 5.41) is 6.97. The molecule has 0 saturated heterocycles. The third-order valence-electron chi connectivity index (χ3n) is 2.12. The van der Waals surface area contributed by atoms with Gasteiger partial charge in [0.2, 0.25) is 11.8 Å². The van der Waals surface area contributed by atoms with Crippen LogP contribution in [0.3, 0.4) is 0 Å². The minimum Gasteiger partial charge on any atom is -0.357 e. The van der Waals surface area contributed by atoms with E-state index in [0.717, 1.165) is 0 Å². The van der Waals surface area contributed by atoms with Crippen molar-refractivity contribution in [1.82, 2.24) is 16.0 Å². The Hall–Kier alpha value is -1.66. The Morgan fingerprint density at radius 2 is 1.74 bits per heavy atom. The first kappa shape index (κ1) is 19.7. The van der Waals surface area contributed by atoms with Crippen molar-refractivity contribution in [2.75, 3.05) is 13.6 Å². The van der Waals surface area contributed by atoms with Crippen molar-refractivity contribution in [3.8, 4) is 0 Å². The average Bonchev–Trinajstić information content (AvgIpc) is 2.37. The van der Waals surface area contributed by atoms with Crippen LogP contribution in [-0.4, -0.2) is 37.6 Å². The highest BCUT2D eigenvalue weighted by Crippen LogP contribution is 2.01. The molecule has 0 saturated carbocycles. The van der Waals surface area contributed by atoms with E-state index in [-0.39, 0.29) is 18.4 Å². The van der Waals surface area contributed by atoms with Crippen molar-refractivity contribution >= 4 is 18.0 Å². The SMILES string of the molecule is CC.CNC(=O)C(CCCCNC(=O)F)NC(C)=O. The number of halogens is 1. The van der Waals surface area contributed by atoms with E-state index in [4.69, 9.17) is 0 Å². The summed E-state index contributed by atoms with van der Waals surface area (Å²) in [5.74, 6) is -0.551. The van der Waals surface area contributed by atoms with Gasteiger partial charge in [0, 0.05) is 20.5 Å². The van der Waals surface area contributed by atoms with Gasteiger partial charge < -0.3 is 16.0 Å². The van der Waals surface area contributed by atoms with Gasteiger partial charge in [-0.15, -0.1) is 4.39 Å². The van der Waals surface area contributed by atoms with Gasteiger partial charge in [-0.25, -0.2) is 4.79 Å². The van der Waals surface area contributed by atoms with E-state index in [2.05, 4.69) is 10.6 Å². The van der Waals surface area contributed by atoms with E-state index in [9.17, 15) is 18.8 Å². The minimum absolute atomic E-state index is 0.218. The molecule has 0 fully saturated rings. The molecule has 0 bridgehead atoms. The monoisotopic (exact) mass is 277 g/mol. The van der Waals surface area contributed by atoms with Crippen LogP contribution in [0.25, 0.3) is 0 Å². The number of rotatable bonds is 7. The second kappa shape index (κ2) is 12.8. The summed E-state index contributed by atoms with van der Waals surface area (Å²) < 4.78 is 11.8. The molecule has 0 aliphatic heterocycles. The number of carbonyl (C=O) groups is 3. The van der Waals surface area contributed by atoms with Gasteiger partial charge >= 0.3 is 6.16 Å². The largest absolute Gasteiger partial charge is 0.397 e. The number of unbranched alkanes of at least 4 members (excludes halogenated alkanes) is 1. The number of hydrogen-bond acceptors (Lipinski definition) is 3. The maximum atomic E-state index is 11.8. The van der Waals surface area contributed by atoms with Gasteiger partial charge in [0.05, 0.1) is 0 Å². The van der Waals surface area contributed by atoms with Crippen LogP contribution in [0.2, 0.25) is 0 Å². The van der Waals surface area contributed by atoms with Crippen molar-refractivity contribution in [2.45, 2.75) is 46.1 Å². The fourth-order valence-electron chi connectivity index (χ4n) is 1.35. The van der Waals surface area contributed by atoms with Crippen LogP contribution in [0.15, 0.2) is 0 Å². The summed E-state index contributed by atoms with van der Waals surface area (Å²) in [4.78, 5) is 32.2. The van der Waals surface area contributed by atoms with E-state index in [0.29, 0.717) is 19.3 Å². The highest BCUT2D eigenvalue weighted by Gasteiger charge is 2.17. The zero-order chi connectivity index (χ0) is 15.3. The van der Waals surface area contributed by atoms with E-state index >= 15 is 0 Å². The van der Waals surface area contributed by atoms with Gasteiger partial charge in [-0.2, -0.15) is 0 Å². The van der Waals surface area contributed by atoms with E-state index < -0.39 is 12.2 Å². The molecule has 7 heteroatoms. The molecular weight excluding hydrogens is 253 g/mol. The van der Waals surface area contributed by atoms with E-state index in [1.807, 2.05) is 19.2 Å². The van der Waals surface area contributed by atoms with Crippen LogP contribution < -0.4 is 16.0 Å². The lowest BCUT2D eigenvalue weighted by Gasteiger charge is -2.15. The normalized spacial score (nSPS) is 10.6. The summed E-state index contributed by atoms with van der Waals surface area (Å²) in [6.45, 7) is 5.55. The molecule has 0 aromatic rings. The highest BCUT2D eigenvalue weighted by atomic mass is 19.1. The molecule has 19 heavy (non-hydrogen) atoms. The van der Waals surface area contributed by atoms with Gasteiger partial charge in [-0.1, -0.05) is 13.8 Å².